The number of piperazine rings is 1. The van der Waals surface area contributed by atoms with E-state index in [4.69, 9.17) is 5.11 Å². The van der Waals surface area contributed by atoms with E-state index in [9.17, 15) is 9.59 Å². The van der Waals surface area contributed by atoms with E-state index in [0.717, 1.165) is 43.2 Å². The number of carboxylic acid groups (broad SMARTS) is 1. The minimum Gasteiger partial charge on any atom is -0.477 e. The first-order chi connectivity index (χ1) is 12.5. The predicted octanol–water partition coefficient (Wildman–Crippen LogP) is 2.30. The number of carbonyl (C=O) groups excluding carboxylic acids is 1. The van der Waals surface area contributed by atoms with Crippen LogP contribution in [0.5, 0.6) is 0 Å². The lowest BCUT2D eigenvalue weighted by Gasteiger charge is -2.36. The van der Waals surface area contributed by atoms with E-state index >= 15 is 0 Å². The van der Waals surface area contributed by atoms with Crippen molar-refractivity contribution in [1.29, 1.82) is 0 Å². The molecule has 1 fully saturated rings. The van der Waals surface area contributed by atoms with Crippen LogP contribution in [0.2, 0.25) is 0 Å². The fourth-order valence-corrected chi connectivity index (χ4v) is 3.69. The van der Waals surface area contributed by atoms with Crippen LogP contribution in [0, 0.1) is 6.92 Å². The summed E-state index contributed by atoms with van der Waals surface area (Å²) >= 11 is 1.11. The Morgan fingerprint density at radius 1 is 1.27 bits per heavy atom. The topological polar surface area (TPSA) is 85.8 Å². The zero-order chi connectivity index (χ0) is 18.5. The number of nitrogens with one attached hydrogen (secondary N) is 1. The molecule has 1 saturated heterocycles. The Kier molecular flexibility index (Phi) is 5.85. The van der Waals surface area contributed by atoms with Gasteiger partial charge in [-0.05, 0) is 30.5 Å². The van der Waals surface area contributed by atoms with E-state index in [-0.39, 0.29) is 10.8 Å². The molecule has 138 valence electrons. The molecule has 0 aliphatic carbocycles. The number of carbonyl (C=O) groups is 2. The highest BCUT2D eigenvalue weighted by Crippen LogP contribution is 2.22. The molecule has 0 atom stereocenters. The molecule has 1 aliphatic rings. The monoisotopic (exact) mass is 374 g/mol. The fourth-order valence-electron chi connectivity index (χ4n) is 3.00. The van der Waals surface area contributed by atoms with Crippen molar-refractivity contribution < 1.29 is 14.7 Å². The number of hydrogen-bond acceptors (Lipinski definition) is 6. The molecule has 2 aromatic rings. The molecule has 8 heteroatoms. The first-order valence-electron chi connectivity index (χ1n) is 8.53. The van der Waals surface area contributed by atoms with Gasteiger partial charge in [0.1, 0.15) is 4.88 Å². The van der Waals surface area contributed by atoms with Crippen molar-refractivity contribution in [3.63, 3.8) is 0 Å². The largest absolute Gasteiger partial charge is 0.477 e. The second-order valence-electron chi connectivity index (χ2n) is 6.25. The van der Waals surface area contributed by atoms with Gasteiger partial charge >= 0.3 is 5.97 Å². The number of nitrogens with zero attached hydrogens (tertiary/aromatic N) is 3. The van der Waals surface area contributed by atoms with Gasteiger partial charge in [0, 0.05) is 56.7 Å². The van der Waals surface area contributed by atoms with Gasteiger partial charge in [0.05, 0.1) is 5.69 Å². The smallest absolute Gasteiger partial charge is 0.348 e. The van der Waals surface area contributed by atoms with E-state index < -0.39 is 5.97 Å². The van der Waals surface area contributed by atoms with Crippen molar-refractivity contribution in [2.24, 2.45) is 0 Å². The Hall–Kier alpha value is -2.45. The number of rotatable bonds is 6. The van der Waals surface area contributed by atoms with Crippen molar-refractivity contribution in [2.75, 3.05) is 42.9 Å². The normalized spacial score (nSPS) is 15.0. The average molecular weight is 374 g/mol. The minimum absolute atomic E-state index is 0.155. The number of aromatic nitrogens is 1. The summed E-state index contributed by atoms with van der Waals surface area (Å²) in [5, 5.41) is 13.4. The molecule has 2 aromatic heterocycles. The fraction of sp³-hybridized carbons (Fsp3) is 0.389. The zero-order valence-corrected chi connectivity index (χ0v) is 15.5. The Morgan fingerprint density at radius 3 is 2.73 bits per heavy atom. The maximum atomic E-state index is 12.1. The molecule has 2 N–H and O–H groups in total. The number of hydrogen-bond donors (Lipinski definition) is 2. The molecule has 3 heterocycles. The van der Waals surface area contributed by atoms with Gasteiger partial charge in [-0.3, -0.25) is 14.7 Å². The third kappa shape index (κ3) is 4.59. The predicted molar refractivity (Wildman–Crippen MR) is 102 cm³/mol. The van der Waals surface area contributed by atoms with Crippen LogP contribution in [0.3, 0.4) is 0 Å². The number of pyridine rings is 1. The summed E-state index contributed by atoms with van der Waals surface area (Å²) in [6.07, 6.45) is 2.18. The first kappa shape index (κ1) is 18.3. The molecule has 0 bridgehead atoms. The molecule has 0 aromatic carbocycles. The molecule has 0 saturated carbocycles. The molecule has 0 unspecified atom stereocenters. The molecule has 26 heavy (non-hydrogen) atoms. The third-order valence-electron chi connectivity index (χ3n) is 4.41. The van der Waals surface area contributed by atoms with Gasteiger partial charge < -0.3 is 15.3 Å². The highest BCUT2D eigenvalue weighted by molar-refractivity contribution is 7.12. The van der Waals surface area contributed by atoms with Gasteiger partial charge in [-0.25, -0.2) is 4.79 Å². The van der Waals surface area contributed by atoms with Crippen LogP contribution in [-0.4, -0.2) is 59.6 Å². The zero-order valence-electron chi connectivity index (χ0n) is 14.6. The van der Waals surface area contributed by atoms with Gasteiger partial charge in [-0.1, -0.05) is 0 Å². The second-order valence-corrected chi connectivity index (χ2v) is 7.17. The number of thiophene rings is 1. The Bertz CT molecular complexity index is 784. The third-order valence-corrected chi connectivity index (χ3v) is 5.31. The molecular formula is C18H22N4O3S. The lowest BCUT2D eigenvalue weighted by molar-refractivity contribution is -0.116. The van der Waals surface area contributed by atoms with Gasteiger partial charge in [-0.15, -0.1) is 11.3 Å². The van der Waals surface area contributed by atoms with E-state index in [2.05, 4.69) is 26.2 Å². The van der Waals surface area contributed by atoms with Crippen molar-refractivity contribution in [1.82, 2.24) is 9.88 Å². The number of anilines is 2. The van der Waals surface area contributed by atoms with Crippen LogP contribution in [0.25, 0.3) is 0 Å². The standard InChI is InChI=1S/C18H22N4O3S/c1-13-12-14(2-5-19-13)22-9-7-21(8-10-22)6-3-16(23)20-15-4-11-26-17(15)18(24)25/h2,4-5,11-12H,3,6-10H2,1H3,(H,20,23)(H,24,25). The van der Waals surface area contributed by atoms with Gasteiger partial charge in [0.2, 0.25) is 5.91 Å². The maximum absolute atomic E-state index is 12.1. The Morgan fingerprint density at radius 2 is 2.04 bits per heavy atom. The van der Waals surface area contributed by atoms with Gasteiger partial charge in [0.25, 0.3) is 0 Å². The van der Waals surface area contributed by atoms with Crippen LogP contribution in [0.4, 0.5) is 11.4 Å². The van der Waals surface area contributed by atoms with E-state index in [1.54, 1.807) is 11.4 Å². The van der Waals surface area contributed by atoms with E-state index in [1.165, 1.54) is 5.69 Å². The number of amides is 1. The minimum atomic E-state index is -1.02. The molecule has 0 radical (unpaired) electrons. The van der Waals surface area contributed by atoms with Crippen LogP contribution in [0.15, 0.2) is 29.8 Å². The van der Waals surface area contributed by atoms with Crippen molar-refractivity contribution >= 4 is 34.6 Å². The van der Waals surface area contributed by atoms with E-state index in [0.29, 0.717) is 18.7 Å². The summed E-state index contributed by atoms with van der Waals surface area (Å²) in [6.45, 7) is 6.28. The average Bonchev–Trinajstić information content (AvgIpc) is 3.09. The first-order valence-corrected chi connectivity index (χ1v) is 9.41. The van der Waals surface area contributed by atoms with E-state index in [1.807, 2.05) is 19.2 Å². The summed E-state index contributed by atoms with van der Waals surface area (Å²) < 4.78 is 0. The van der Waals surface area contributed by atoms with Gasteiger partial charge in [0.15, 0.2) is 0 Å². The summed E-state index contributed by atoms with van der Waals surface area (Å²) in [6, 6.07) is 5.74. The summed E-state index contributed by atoms with van der Waals surface area (Å²) in [5.74, 6) is -1.17. The molecule has 7 nitrogen and oxygen atoms in total. The maximum Gasteiger partial charge on any atom is 0.348 e. The van der Waals surface area contributed by atoms with Crippen LogP contribution in [0.1, 0.15) is 21.8 Å². The highest BCUT2D eigenvalue weighted by Gasteiger charge is 2.19. The summed E-state index contributed by atoms with van der Waals surface area (Å²) in [5.41, 5.74) is 2.58. The van der Waals surface area contributed by atoms with Crippen LogP contribution in [-0.2, 0) is 4.79 Å². The van der Waals surface area contributed by atoms with Crippen molar-refractivity contribution in [2.45, 2.75) is 13.3 Å². The SMILES string of the molecule is Cc1cc(N2CCN(CCC(=O)Nc3ccsc3C(=O)O)CC2)ccn1. The number of carboxylic acids is 1. The van der Waals surface area contributed by atoms with Crippen LogP contribution < -0.4 is 10.2 Å². The lowest BCUT2D eigenvalue weighted by Crippen LogP contribution is -2.47. The molecular weight excluding hydrogens is 352 g/mol. The number of aryl methyl sites for hydroxylation is 1. The highest BCUT2D eigenvalue weighted by atomic mass is 32.1. The van der Waals surface area contributed by atoms with Crippen molar-refractivity contribution in [3.05, 3.63) is 40.3 Å². The second kappa shape index (κ2) is 8.29. The number of aromatic carboxylic acids is 1. The molecule has 0 spiro atoms. The van der Waals surface area contributed by atoms with Crippen molar-refractivity contribution in [3.8, 4) is 0 Å². The Balaban J connectivity index is 1.44. The molecule has 3 rings (SSSR count). The molecule has 1 aliphatic heterocycles. The van der Waals surface area contributed by atoms with Crippen LogP contribution >= 0.6 is 11.3 Å². The quantitative estimate of drug-likeness (QED) is 0.807. The summed E-state index contributed by atoms with van der Waals surface area (Å²) in [7, 11) is 0. The van der Waals surface area contributed by atoms with Gasteiger partial charge in [-0.2, -0.15) is 0 Å². The Labute approximate surface area is 156 Å². The molecule has 1 amide bonds. The lowest BCUT2D eigenvalue weighted by atomic mass is 10.2. The summed E-state index contributed by atoms with van der Waals surface area (Å²) in [4.78, 5) is 32.2.